The second-order valence-corrected chi connectivity index (χ2v) is 3.94. The number of carbonyl (C=O) groups is 1. The fourth-order valence-corrected chi connectivity index (χ4v) is 1.37. The van der Waals surface area contributed by atoms with E-state index >= 15 is 0 Å². The second kappa shape index (κ2) is 12.6. The highest BCUT2D eigenvalue weighted by molar-refractivity contribution is 5.88. The number of esters is 1. The molecule has 0 fully saturated rings. The lowest BCUT2D eigenvalue weighted by Gasteiger charge is -2.04. The Kier molecular flexibility index (Phi) is 11.4. The molecule has 19 heavy (non-hydrogen) atoms. The minimum Gasteiger partial charge on any atom is -0.462 e. The molecule has 0 spiro atoms. The van der Waals surface area contributed by atoms with Crippen molar-refractivity contribution in [3.63, 3.8) is 0 Å². The lowest BCUT2D eigenvalue weighted by Crippen LogP contribution is -2.08. The van der Waals surface area contributed by atoms with Crippen molar-refractivity contribution in [2.24, 2.45) is 0 Å². The summed E-state index contributed by atoms with van der Waals surface area (Å²) < 4.78 is 5.19. The monoisotopic (exact) mass is 260 g/mol. The summed E-state index contributed by atoms with van der Waals surface area (Å²) in [5.41, 5.74) is 0.675. The van der Waals surface area contributed by atoms with E-state index in [0.29, 0.717) is 18.6 Å². The zero-order chi connectivity index (χ0) is 14.3. The molecule has 0 rings (SSSR count). The number of ether oxygens (including phenoxy) is 1. The van der Waals surface area contributed by atoms with Crippen LogP contribution < -0.4 is 0 Å². The second-order valence-electron chi connectivity index (χ2n) is 3.94. The van der Waals surface area contributed by atoms with Gasteiger partial charge in [-0.15, -0.1) is 6.58 Å². The Morgan fingerprint density at radius 2 is 1.84 bits per heavy atom. The summed E-state index contributed by atoms with van der Waals surface area (Å²) in [6.07, 6.45) is 16.5. The number of hydrogen-bond acceptors (Lipinski definition) is 2. The molecule has 0 radical (unpaired) electrons. The minimum absolute atomic E-state index is 0.240. The van der Waals surface area contributed by atoms with Gasteiger partial charge in [-0.25, -0.2) is 4.79 Å². The van der Waals surface area contributed by atoms with Gasteiger partial charge in [0.05, 0.1) is 6.61 Å². The predicted octanol–water partition coefficient (Wildman–Crippen LogP) is 4.52. The summed E-state index contributed by atoms with van der Waals surface area (Å²) in [6, 6.07) is 0. The van der Waals surface area contributed by atoms with Crippen molar-refractivity contribution in [2.45, 2.75) is 32.6 Å². The van der Waals surface area contributed by atoms with E-state index in [1.807, 2.05) is 31.2 Å². The zero-order valence-corrected chi connectivity index (χ0v) is 11.8. The molecule has 0 aromatic heterocycles. The van der Waals surface area contributed by atoms with Crippen LogP contribution in [0, 0.1) is 0 Å². The highest BCUT2D eigenvalue weighted by Gasteiger charge is 2.07. The first kappa shape index (κ1) is 17.2. The third-order valence-electron chi connectivity index (χ3n) is 2.44. The number of rotatable bonds is 10. The Hall–Kier alpha value is -1.83. The normalized spacial score (nSPS) is 11.9. The van der Waals surface area contributed by atoms with Crippen molar-refractivity contribution in [3.8, 4) is 0 Å². The van der Waals surface area contributed by atoms with E-state index in [1.54, 1.807) is 12.2 Å². The van der Waals surface area contributed by atoms with Gasteiger partial charge in [-0.1, -0.05) is 49.1 Å². The SMILES string of the molecule is C=C/C=C/C/C(=C\C)C(=O)OCC/C=C/CCC=C. The maximum atomic E-state index is 11.7. The van der Waals surface area contributed by atoms with Crippen LogP contribution in [-0.4, -0.2) is 12.6 Å². The molecule has 0 aromatic carbocycles. The Morgan fingerprint density at radius 3 is 2.47 bits per heavy atom. The maximum absolute atomic E-state index is 11.7. The van der Waals surface area contributed by atoms with Crippen molar-refractivity contribution < 1.29 is 9.53 Å². The van der Waals surface area contributed by atoms with Gasteiger partial charge in [0.2, 0.25) is 0 Å². The first-order chi connectivity index (χ1) is 9.26. The van der Waals surface area contributed by atoms with E-state index in [4.69, 9.17) is 4.74 Å². The fourth-order valence-electron chi connectivity index (χ4n) is 1.37. The molecule has 2 nitrogen and oxygen atoms in total. The number of hydrogen-bond donors (Lipinski definition) is 0. The number of unbranched alkanes of at least 4 members (excludes halogenated alkanes) is 1. The van der Waals surface area contributed by atoms with E-state index < -0.39 is 0 Å². The molecule has 0 saturated heterocycles. The molecule has 0 amide bonds. The Balaban J connectivity index is 3.88. The molecule has 0 atom stereocenters. The van der Waals surface area contributed by atoms with Gasteiger partial charge < -0.3 is 4.74 Å². The first-order valence-corrected chi connectivity index (χ1v) is 6.62. The van der Waals surface area contributed by atoms with Gasteiger partial charge in [-0.3, -0.25) is 0 Å². The molecule has 0 bridgehead atoms. The molecule has 0 N–H and O–H groups in total. The molecule has 104 valence electrons. The van der Waals surface area contributed by atoms with Crippen molar-refractivity contribution >= 4 is 5.97 Å². The van der Waals surface area contributed by atoms with E-state index in [2.05, 4.69) is 19.2 Å². The predicted molar refractivity (Wildman–Crippen MR) is 81.9 cm³/mol. The van der Waals surface area contributed by atoms with E-state index in [-0.39, 0.29) is 5.97 Å². The average molecular weight is 260 g/mol. The molecule has 0 heterocycles. The third-order valence-corrected chi connectivity index (χ3v) is 2.44. The van der Waals surface area contributed by atoms with Crippen LogP contribution in [0.2, 0.25) is 0 Å². The quantitative estimate of drug-likeness (QED) is 0.190. The van der Waals surface area contributed by atoms with Crippen LogP contribution >= 0.6 is 0 Å². The van der Waals surface area contributed by atoms with Crippen molar-refractivity contribution in [3.05, 3.63) is 61.3 Å². The summed E-state index contributed by atoms with van der Waals surface area (Å²) >= 11 is 0. The smallest absolute Gasteiger partial charge is 0.333 e. The third kappa shape index (κ3) is 9.83. The van der Waals surface area contributed by atoms with Gasteiger partial charge >= 0.3 is 5.97 Å². The zero-order valence-electron chi connectivity index (χ0n) is 11.8. The van der Waals surface area contributed by atoms with Crippen LogP contribution in [0.15, 0.2) is 61.3 Å². The van der Waals surface area contributed by atoms with Crippen LogP contribution in [0.3, 0.4) is 0 Å². The lowest BCUT2D eigenvalue weighted by molar-refractivity contribution is -0.138. The van der Waals surface area contributed by atoms with Crippen molar-refractivity contribution in [2.75, 3.05) is 6.61 Å². The Bertz CT molecular complexity index is 359. The topological polar surface area (TPSA) is 26.3 Å². The van der Waals surface area contributed by atoms with Crippen LogP contribution in [0.25, 0.3) is 0 Å². The molecule has 0 aliphatic heterocycles. The highest BCUT2D eigenvalue weighted by Crippen LogP contribution is 2.06. The molecular formula is C17H24O2. The van der Waals surface area contributed by atoms with Crippen molar-refractivity contribution in [1.29, 1.82) is 0 Å². The van der Waals surface area contributed by atoms with E-state index in [9.17, 15) is 4.79 Å². The summed E-state index contributed by atoms with van der Waals surface area (Å²) in [7, 11) is 0. The van der Waals surface area contributed by atoms with Gasteiger partial charge in [0.15, 0.2) is 0 Å². The van der Waals surface area contributed by atoms with Crippen LogP contribution in [-0.2, 0) is 9.53 Å². The number of carbonyl (C=O) groups excluding carboxylic acids is 1. The number of allylic oxidation sites excluding steroid dienone is 6. The first-order valence-electron chi connectivity index (χ1n) is 6.62. The van der Waals surface area contributed by atoms with Gasteiger partial charge in [0, 0.05) is 5.57 Å². The van der Waals surface area contributed by atoms with E-state index in [0.717, 1.165) is 19.3 Å². The fraction of sp³-hybridized carbons (Fsp3) is 0.353. The summed E-state index contributed by atoms with van der Waals surface area (Å²) in [6.45, 7) is 9.50. The standard InChI is InChI=1S/C17H24O2/c1-4-7-9-10-11-13-15-19-17(18)16(6-3)14-12-8-5-2/h4-6,8,10-12H,1-2,7,9,13-15H2,3H3/b11-10+,12-8+,16-6+. The molecule has 0 aliphatic carbocycles. The summed E-state index contributed by atoms with van der Waals surface area (Å²) in [4.78, 5) is 11.7. The summed E-state index contributed by atoms with van der Waals surface area (Å²) in [5, 5.41) is 0. The molecule has 0 unspecified atom stereocenters. The molecular weight excluding hydrogens is 236 g/mol. The summed E-state index contributed by atoms with van der Waals surface area (Å²) in [5.74, 6) is -0.240. The Labute approximate surface area is 116 Å². The largest absolute Gasteiger partial charge is 0.462 e. The van der Waals surface area contributed by atoms with Crippen LogP contribution in [0.4, 0.5) is 0 Å². The molecule has 0 aliphatic rings. The van der Waals surface area contributed by atoms with Crippen LogP contribution in [0.5, 0.6) is 0 Å². The average Bonchev–Trinajstić information content (AvgIpc) is 2.42. The Morgan fingerprint density at radius 1 is 1.11 bits per heavy atom. The van der Waals surface area contributed by atoms with E-state index in [1.165, 1.54) is 0 Å². The van der Waals surface area contributed by atoms with Gasteiger partial charge in [0.25, 0.3) is 0 Å². The maximum Gasteiger partial charge on any atom is 0.333 e. The van der Waals surface area contributed by atoms with Gasteiger partial charge in [0.1, 0.15) is 0 Å². The lowest BCUT2D eigenvalue weighted by atomic mass is 10.1. The highest BCUT2D eigenvalue weighted by atomic mass is 16.5. The molecule has 2 heteroatoms. The minimum atomic E-state index is -0.240. The molecule has 0 aromatic rings. The van der Waals surface area contributed by atoms with Crippen LogP contribution in [0.1, 0.15) is 32.6 Å². The molecule has 0 saturated carbocycles. The van der Waals surface area contributed by atoms with Crippen molar-refractivity contribution in [1.82, 2.24) is 0 Å². The van der Waals surface area contributed by atoms with Gasteiger partial charge in [-0.05, 0) is 32.6 Å². The van der Waals surface area contributed by atoms with Gasteiger partial charge in [-0.2, -0.15) is 0 Å².